The summed E-state index contributed by atoms with van der Waals surface area (Å²) in [7, 11) is -3.29. The summed E-state index contributed by atoms with van der Waals surface area (Å²) >= 11 is 0. The number of nitrogens with one attached hydrogen (secondary N) is 1. The molecule has 0 heterocycles. The molecule has 0 atom stereocenters. The van der Waals surface area contributed by atoms with Gasteiger partial charge in [-0.2, -0.15) is 0 Å². The van der Waals surface area contributed by atoms with Gasteiger partial charge in [0.15, 0.2) is 0 Å². The second-order valence-corrected chi connectivity index (χ2v) is 5.49. The molecule has 0 saturated heterocycles. The second-order valence-electron chi connectivity index (χ2n) is 3.65. The van der Waals surface area contributed by atoms with Gasteiger partial charge in [-0.05, 0) is 13.8 Å². The van der Waals surface area contributed by atoms with E-state index in [0.29, 0.717) is 0 Å². The van der Waals surface area contributed by atoms with Crippen LogP contribution >= 0.6 is 0 Å². The number of rotatable bonds is 7. The maximum Gasteiger partial charge on any atom is 0.331 e. The zero-order chi connectivity index (χ0) is 14.2. The van der Waals surface area contributed by atoms with Crippen molar-refractivity contribution in [2.24, 2.45) is 0 Å². The molecule has 0 aromatic rings. The van der Waals surface area contributed by atoms with Gasteiger partial charge >= 0.3 is 11.9 Å². The van der Waals surface area contributed by atoms with E-state index < -0.39 is 22.0 Å². The summed E-state index contributed by atoms with van der Waals surface area (Å²) in [6, 6.07) is 0. The molecule has 1 N–H and O–H groups in total. The van der Waals surface area contributed by atoms with Crippen molar-refractivity contribution in [2.45, 2.75) is 20.0 Å². The van der Waals surface area contributed by atoms with Crippen LogP contribution in [0.3, 0.4) is 0 Å². The van der Waals surface area contributed by atoms with Gasteiger partial charge in [0.25, 0.3) is 0 Å². The zero-order valence-electron chi connectivity index (χ0n) is 10.5. The maximum absolute atomic E-state index is 11.1. The molecule has 0 fully saturated rings. The van der Waals surface area contributed by atoms with Crippen LogP contribution in [0.15, 0.2) is 12.2 Å². The van der Waals surface area contributed by atoms with Crippen molar-refractivity contribution >= 4 is 22.0 Å². The van der Waals surface area contributed by atoms with E-state index in [2.05, 4.69) is 9.46 Å². The van der Waals surface area contributed by atoms with Gasteiger partial charge in [-0.1, -0.05) is 0 Å². The Morgan fingerprint density at radius 2 is 1.78 bits per heavy atom. The van der Waals surface area contributed by atoms with Crippen LogP contribution < -0.4 is 4.72 Å². The third kappa shape index (κ3) is 11.1. The number of carbonyl (C=O) groups is 2. The van der Waals surface area contributed by atoms with E-state index >= 15 is 0 Å². The first kappa shape index (κ1) is 16.6. The van der Waals surface area contributed by atoms with Crippen molar-refractivity contribution in [2.75, 3.05) is 19.4 Å². The molecule has 0 aromatic carbocycles. The summed E-state index contributed by atoms with van der Waals surface area (Å²) in [5, 5.41) is 0. The Kier molecular flexibility index (Phi) is 7.21. The summed E-state index contributed by atoms with van der Waals surface area (Å²) < 4.78 is 32.9. The van der Waals surface area contributed by atoms with Gasteiger partial charge < -0.3 is 9.47 Å². The summed E-state index contributed by atoms with van der Waals surface area (Å²) in [6.07, 6.45) is 2.60. The lowest BCUT2D eigenvalue weighted by Gasteiger charge is -2.04. The van der Waals surface area contributed by atoms with Crippen molar-refractivity contribution in [1.29, 1.82) is 0 Å². The van der Waals surface area contributed by atoms with Crippen molar-refractivity contribution in [3.63, 3.8) is 0 Å². The highest BCUT2D eigenvalue weighted by molar-refractivity contribution is 7.88. The maximum atomic E-state index is 11.1. The van der Waals surface area contributed by atoms with E-state index in [9.17, 15) is 18.0 Å². The van der Waals surface area contributed by atoms with E-state index in [1.807, 2.05) is 0 Å². The first-order valence-electron chi connectivity index (χ1n) is 5.21. The van der Waals surface area contributed by atoms with Gasteiger partial charge in [0, 0.05) is 18.7 Å². The van der Waals surface area contributed by atoms with Gasteiger partial charge in [0.05, 0.1) is 12.4 Å². The molecular formula is C10H17NO6S. The molecule has 0 rings (SSSR count). The number of sulfonamides is 1. The molecule has 0 radical (unpaired) electrons. The molecule has 0 aromatic heterocycles. The Morgan fingerprint density at radius 1 is 1.22 bits per heavy atom. The Bertz CT molecular complexity index is 412. The fourth-order valence-electron chi connectivity index (χ4n) is 0.834. The molecular weight excluding hydrogens is 262 g/mol. The minimum atomic E-state index is -3.29. The predicted octanol–water partition coefficient (Wildman–Crippen LogP) is -0.413. The topological polar surface area (TPSA) is 98.8 Å². The summed E-state index contributed by atoms with van der Waals surface area (Å²) in [4.78, 5) is 22.1. The second kappa shape index (κ2) is 7.83. The first-order valence-corrected chi connectivity index (χ1v) is 7.10. The van der Waals surface area contributed by atoms with E-state index in [0.717, 1.165) is 18.4 Å². The van der Waals surface area contributed by atoms with Gasteiger partial charge in [0.1, 0.15) is 6.61 Å². The van der Waals surface area contributed by atoms with Gasteiger partial charge in [-0.3, -0.25) is 0 Å². The van der Waals surface area contributed by atoms with Crippen LogP contribution in [0.2, 0.25) is 0 Å². The minimum Gasteiger partial charge on any atom is -0.461 e. The lowest BCUT2D eigenvalue weighted by molar-refractivity contribution is -0.142. The predicted molar refractivity (Wildman–Crippen MR) is 64.2 cm³/mol. The molecule has 0 bridgehead atoms. The van der Waals surface area contributed by atoms with E-state index in [1.54, 1.807) is 13.8 Å². The van der Waals surface area contributed by atoms with Crippen LogP contribution in [0.25, 0.3) is 0 Å². The third-order valence-electron chi connectivity index (χ3n) is 1.42. The zero-order valence-corrected chi connectivity index (χ0v) is 11.3. The Morgan fingerprint density at radius 3 is 2.28 bits per heavy atom. The van der Waals surface area contributed by atoms with Crippen LogP contribution in [-0.2, 0) is 29.1 Å². The Hall–Kier alpha value is -1.41. The molecule has 0 aliphatic rings. The number of esters is 2. The van der Waals surface area contributed by atoms with Gasteiger partial charge in [0.2, 0.25) is 10.0 Å². The molecule has 104 valence electrons. The van der Waals surface area contributed by atoms with Crippen LogP contribution in [-0.4, -0.2) is 45.9 Å². The quantitative estimate of drug-likeness (QED) is 0.386. The number of hydrogen-bond acceptors (Lipinski definition) is 6. The molecule has 0 aliphatic carbocycles. The Balaban J connectivity index is 3.84. The molecule has 7 nitrogen and oxygen atoms in total. The largest absolute Gasteiger partial charge is 0.461 e. The Labute approximate surface area is 106 Å². The highest BCUT2D eigenvalue weighted by Gasteiger charge is 2.04. The van der Waals surface area contributed by atoms with Crippen LogP contribution in [0, 0.1) is 0 Å². The number of ether oxygens (including phenoxy) is 2. The molecule has 8 heteroatoms. The van der Waals surface area contributed by atoms with Crippen molar-refractivity contribution < 1.29 is 27.5 Å². The lowest BCUT2D eigenvalue weighted by atomic mass is 10.4. The van der Waals surface area contributed by atoms with E-state index in [1.165, 1.54) is 0 Å². The van der Waals surface area contributed by atoms with E-state index in [4.69, 9.17) is 4.74 Å². The summed E-state index contributed by atoms with van der Waals surface area (Å²) in [5.74, 6) is -1.39. The summed E-state index contributed by atoms with van der Waals surface area (Å²) in [6.45, 7) is 3.23. The van der Waals surface area contributed by atoms with Crippen LogP contribution in [0.5, 0.6) is 0 Å². The monoisotopic (exact) mass is 279 g/mol. The highest BCUT2D eigenvalue weighted by Crippen LogP contribution is 1.91. The van der Waals surface area contributed by atoms with Crippen LogP contribution in [0.1, 0.15) is 13.8 Å². The number of hydrogen-bond donors (Lipinski definition) is 1. The summed E-state index contributed by atoms with van der Waals surface area (Å²) in [5.41, 5.74) is 0. The molecule has 0 spiro atoms. The fraction of sp³-hybridized carbons (Fsp3) is 0.600. The van der Waals surface area contributed by atoms with Crippen molar-refractivity contribution in [3.05, 3.63) is 12.2 Å². The van der Waals surface area contributed by atoms with E-state index in [-0.39, 0.29) is 19.3 Å². The standard InChI is InChI=1S/C10H17NO6S/c1-8(2)17-10(13)5-4-9(12)16-7-6-11-18(3,14)15/h4-5,8,11H,6-7H2,1-3H3. The lowest BCUT2D eigenvalue weighted by Crippen LogP contribution is -2.26. The fourth-order valence-corrected chi connectivity index (χ4v) is 1.29. The highest BCUT2D eigenvalue weighted by atomic mass is 32.2. The molecule has 0 aliphatic heterocycles. The SMILES string of the molecule is CC(C)OC(=O)C=CC(=O)OCCNS(C)(=O)=O. The average Bonchev–Trinajstić information content (AvgIpc) is 2.19. The average molecular weight is 279 g/mol. The molecule has 0 saturated carbocycles. The van der Waals surface area contributed by atoms with Crippen LogP contribution in [0.4, 0.5) is 0 Å². The first-order chi connectivity index (χ1) is 8.20. The van der Waals surface area contributed by atoms with Gasteiger partial charge in [-0.15, -0.1) is 0 Å². The van der Waals surface area contributed by atoms with Crippen molar-refractivity contribution in [1.82, 2.24) is 4.72 Å². The molecule has 0 unspecified atom stereocenters. The number of carbonyl (C=O) groups excluding carboxylic acids is 2. The molecule has 0 amide bonds. The smallest absolute Gasteiger partial charge is 0.331 e. The third-order valence-corrected chi connectivity index (χ3v) is 2.15. The van der Waals surface area contributed by atoms with Gasteiger partial charge in [-0.25, -0.2) is 22.7 Å². The van der Waals surface area contributed by atoms with Crippen molar-refractivity contribution in [3.8, 4) is 0 Å². The normalized spacial score (nSPS) is 11.8. The minimum absolute atomic E-state index is 0.0190. The molecule has 18 heavy (non-hydrogen) atoms.